The van der Waals surface area contributed by atoms with Gasteiger partial charge in [0, 0.05) is 12.8 Å². The Bertz CT molecular complexity index is 263. The first kappa shape index (κ1) is 11.4. The zero-order valence-electron chi connectivity index (χ0n) is 8.24. The van der Waals surface area contributed by atoms with E-state index in [1.54, 1.807) is 12.3 Å². The van der Waals surface area contributed by atoms with Crippen LogP contribution in [-0.4, -0.2) is 18.2 Å². The van der Waals surface area contributed by atoms with Gasteiger partial charge in [0.15, 0.2) is 0 Å². The maximum Gasteiger partial charge on any atom is 0.0707 e. The topological polar surface area (TPSA) is 48.1 Å². The second-order valence-corrected chi connectivity index (χ2v) is 3.52. The Balaban J connectivity index is 2.43. The van der Waals surface area contributed by atoms with Crippen molar-refractivity contribution in [2.24, 2.45) is 5.73 Å². The molecule has 0 aromatic carbocycles. The third kappa shape index (κ3) is 3.62. The Morgan fingerprint density at radius 1 is 1.57 bits per heavy atom. The van der Waals surface area contributed by atoms with Crippen LogP contribution in [0.2, 0.25) is 5.02 Å². The van der Waals surface area contributed by atoms with Crippen molar-refractivity contribution >= 4 is 11.6 Å². The van der Waals surface area contributed by atoms with Crippen LogP contribution in [0, 0.1) is 0 Å². The molecule has 4 heteroatoms. The average molecular weight is 215 g/mol. The Labute approximate surface area is 89.2 Å². The standard InChI is InChI=1S/C10H15ClN2O/c1-2-5-14-7-9(12)10-4-3-8(11)6-13-10/h3-4,6,9H,2,5,7,12H2,1H3. The number of pyridine rings is 1. The van der Waals surface area contributed by atoms with Crippen molar-refractivity contribution in [3.05, 3.63) is 29.0 Å². The maximum absolute atomic E-state index is 5.86. The smallest absolute Gasteiger partial charge is 0.0707 e. The highest BCUT2D eigenvalue weighted by Crippen LogP contribution is 2.11. The fourth-order valence-corrected chi connectivity index (χ4v) is 1.16. The molecule has 1 aromatic heterocycles. The second kappa shape index (κ2) is 5.96. The molecule has 1 rings (SSSR count). The van der Waals surface area contributed by atoms with Gasteiger partial charge < -0.3 is 10.5 Å². The number of rotatable bonds is 5. The van der Waals surface area contributed by atoms with Crippen LogP contribution in [0.1, 0.15) is 25.1 Å². The van der Waals surface area contributed by atoms with Crippen molar-refractivity contribution in [1.82, 2.24) is 4.98 Å². The van der Waals surface area contributed by atoms with Crippen LogP contribution in [0.3, 0.4) is 0 Å². The summed E-state index contributed by atoms with van der Waals surface area (Å²) < 4.78 is 5.33. The Morgan fingerprint density at radius 3 is 2.93 bits per heavy atom. The normalized spacial score (nSPS) is 12.8. The summed E-state index contributed by atoms with van der Waals surface area (Å²) in [5.41, 5.74) is 6.67. The van der Waals surface area contributed by atoms with Crippen molar-refractivity contribution in [3.63, 3.8) is 0 Å². The second-order valence-electron chi connectivity index (χ2n) is 3.08. The van der Waals surface area contributed by atoms with Gasteiger partial charge in [-0.2, -0.15) is 0 Å². The van der Waals surface area contributed by atoms with E-state index >= 15 is 0 Å². The number of ether oxygens (including phenoxy) is 1. The average Bonchev–Trinajstić information content (AvgIpc) is 2.19. The van der Waals surface area contributed by atoms with Crippen molar-refractivity contribution in [2.75, 3.05) is 13.2 Å². The van der Waals surface area contributed by atoms with Gasteiger partial charge in [-0.3, -0.25) is 4.98 Å². The lowest BCUT2D eigenvalue weighted by atomic mass is 10.2. The SMILES string of the molecule is CCCOCC(N)c1ccc(Cl)cn1. The summed E-state index contributed by atoms with van der Waals surface area (Å²) in [6, 6.07) is 3.44. The monoisotopic (exact) mass is 214 g/mol. The molecule has 0 fully saturated rings. The van der Waals surface area contributed by atoms with Crippen LogP contribution in [0.5, 0.6) is 0 Å². The number of aromatic nitrogens is 1. The molecule has 0 bridgehead atoms. The molecular formula is C10H15ClN2O. The van der Waals surface area contributed by atoms with Crippen LogP contribution < -0.4 is 5.73 Å². The molecule has 1 unspecified atom stereocenters. The van der Waals surface area contributed by atoms with E-state index in [1.165, 1.54) is 0 Å². The van der Waals surface area contributed by atoms with Crippen LogP contribution in [0.25, 0.3) is 0 Å². The summed E-state index contributed by atoms with van der Waals surface area (Å²) in [5, 5.41) is 0.621. The summed E-state index contributed by atoms with van der Waals surface area (Å²) in [6.45, 7) is 3.30. The van der Waals surface area contributed by atoms with E-state index < -0.39 is 0 Å². The fraction of sp³-hybridized carbons (Fsp3) is 0.500. The highest BCUT2D eigenvalue weighted by Gasteiger charge is 2.06. The number of nitrogens with zero attached hydrogens (tertiary/aromatic N) is 1. The molecule has 0 aliphatic rings. The zero-order chi connectivity index (χ0) is 10.4. The molecule has 0 aliphatic heterocycles. The van der Waals surface area contributed by atoms with Gasteiger partial charge in [0.2, 0.25) is 0 Å². The maximum atomic E-state index is 5.86. The molecule has 0 saturated carbocycles. The van der Waals surface area contributed by atoms with E-state index in [1.807, 2.05) is 6.07 Å². The van der Waals surface area contributed by atoms with Gasteiger partial charge in [-0.05, 0) is 18.6 Å². The highest BCUT2D eigenvalue weighted by molar-refractivity contribution is 6.30. The molecule has 78 valence electrons. The predicted octanol–water partition coefficient (Wildman–Crippen LogP) is 2.16. The van der Waals surface area contributed by atoms with Crippen LogP contribution >= 0.6 is 11.6 Å². The summed E-state index contributed by atoms with van der Waals surface area (Å²) in [4.78, 5) is 4.12. The van der Waals surface area contributed by atoms with Gasteiger partial charge in [-0.1, -0.05) is 18.5 Å². The lowest BCUT2D eigenvalue weighted by Crippen LogP contribution is -2.18. The van der Waals surface area contributed by atoms with E-state index in [9.17, 15) is 0 Å². The van der Waals surface area contributed by atoms with E-state index in [4.69, 9.17) is 22.1 Å². The van der Waals surface area contributed by atoms with Gasteiger partial charge in [-0.25, -0.2) is 0 Å². The van der Waals surface area contributed by atoms with Crippen LogP contribution in [-0.2, 0) is 4.74 Å². The summed E-state index contributed by atoms with van der Waals surface area (Å²) >= 11 is 5.71. The first-order valence-corrected chi connectivity index (χ1v) is 5.06. The Hall–Kier alpha value is -0.640. The molecule has 1 aromatic rings. The largest absolute Gasteiger partial charge is 0.379 e. The van der Waals surface area contributed by atoms with Crippen molar-refractivity contribution in [1.29, 1.82) is 0 Å². The lowest BCUT2D eigenvalue weighted by molar-refractivity contribution is 0.121. The quantitative estimate of drug-likeness (QED) is 0.765. The van der Waals surface area contributed by atoms with Crippen molar-refractivity contribution < 1.29 is 4.74 Å². The van der Waals surface area contributed by atoms with E-state index in [-0.39, 0.29) is 6.04 Å². The molecular weight excluding hydrogens is 200 g/mol. The first-order valence-electron chi connectivity index (χ1n) is 4.68. The minimum atomic E-state index is -0.168. The molecule has 0 aliphatic carbocycles. The lowest BCUT2D eigenvalue weighted by Gasteiger charge is -2.10. The Morgan fingerprint density at radius 2 is 2.36 bits per heavy atom. The molecule has 14 heavy (non-hydrogen) atoms. The highest BCUT2D eigenvalue weighted by atomic mass is 35.5. The molecule has 0 amide bonds. The minimum Gasteiger partial charge on any atom is -0.379 e. The molecule has 2 N–H and O–H groups in total. The van der Waals surface area contributed by atoms with Gasteiger partial charge >= 0.3 is 0 Å². The number of halogens is 1. The first-order chi connectivity index (χ1) is 6.74. The summed E-state index contributed by atoms with van der Waals surface area (Å²) in [7, 11) is 0. The zero-order valence-corrected chi connectivity index (χ0v) is 9.00. The minimum absolute atomic E-state index is 0.168. The van der Waals surface area contributed by atoms with Crippen LogP contribution in [0.15, 0.2) is 18.3 Å². The third-order valence-electron chi connectivity index (χ3n) is 1.78. The van der Waals surface area contributed by atoms with Crippen molar-refractivity contribution in [2.45, 2.75) is 19.4 Å². The van der Waals surface area contributed by atoms with E-state index in [2.05, 4.69) is 11.9 Å². The summed E-state index contributed by atoms with van der Waals surface area (Å²) in [5.74, 6) is 0. The van der Waals surface area contributed by atoms with E-state index in [0.717, 1.165) is 18.7 Å². The molecule has 1 atom stereocenters. The van der Waals surface area contributed by atoms with Gasteiger partial charge in [0.1, 0.15) is 0 Å². The fourth-order valence-electron chi connectivity index (χ4n) is 1.05. The van der Waals surface area contributed by atoms with Crippen molar-refractivity contribution in [3.8, 4) is 0 Å². The Kier molecular flexibility index (Phi) is 4.87. The van der Waals surface area contributed by atoms with Gasteiger partial charge in [0.25, 0.3) is 0 Å². The molecule has 0 radical (unpaired) electrons. The number of nitrogens with two attached hydrogens (primary N) is 1. The predicted molar refractivity (Wildman–Crippen MR) is 57.3 cm³/mol. The number of hydrogen-bond acceptors (Lipinski definition) is 3. The third-order valence-corrected chi connectivity index (χ3v) is 2.00. The van der Waals surface area contributed by atoms with Crippen LogP contribution in [0.4, 0.5) is 0 Å². The van der Waals surface area contributed by atoms with E-state index in [0.29, 0.717) is 11.6 Å². The van der Waals surface area contributed by atoms with Gasteiger partial charge in [-0.15, -0.1) is 0 Å². The molecule has 3 nitrogen and oxygen atoms in total. The van der Waals surface area contributed by atoms with Gasteiger partial charge in [0.05, 0.1) is 23.4 Å². The molecule has 1 heterocycles. The molecule has 0 saturated heterocycles. The molecule has 0 spiro atoms. The number of hydrogen-bond donors (Lipinski definition) is 1. The summed E-state index contributed by atoms with van der Waals surface area (Å²) in [6.07, 6.45) is 2.59.